The zero-order chi connectivity index (χ0) is 24.0. The van der Waals surface area contributed by atoms with Gasteiger partial charge in [-0.2, -0.15) is 0 Å². The van der Waals surface area contributed by atoms with E-state index >= 15 is 0 Å². The van der Waals surface area contributed by atoms with E-state index in [-0.39, 0.29) is 35.4 Å². The monoisotopic (exact) mass is 482 g/mol. The maximum Gasteiger partial charge on any atom is 0.573 e. The Morgan fingerprint density at radius 3 is 2.55 bits per heavy atom. The number of hydrogen-bond donors (Lipinski definition) is 1. The molecular formula is C21H17F3N2O6S. The van der Waals surface area contributed by atoms with Crippen molar-refractivity contribution in [1.29, 1.82) is 0 Å². The molecule has 2 aliphatic heterocycles. The highest BCUT2D eigenvalue weighted by atomic mass is 32.2. The third-order valence-corrected chi connectivity index (χ3v) is 7.03. The van der Waals surface area contributed by atoms with Crippen molar-refractivity contribution in [2.45, 2.75) is 42.4 Å². The Morgan fingerprint density at radius 1 is 1.09 bits per heavy atom. The van der Waals surface area contributed by atoms with Crippen molar-refractivity contribution in [3.63, 3.8) is 0 Å². The number of rotatable bonds is 5. The van der Waals surface area contributed by atoms with Gasteiger partial charge in [0, 0.05) is 18.5 Å². The molecule has 0 aromatic heterocycles. The van der Waals surface area contributed by atoms with Gasteiger partial charge in [-0.1, -0.05) is 18.2 Å². The zero-order valence-electron chi connectivity index (χ0n) is 16.9. The summed E-state index contributed by atoms with van der Waals surface area (Å²) in [5, 5.41) is 2.20. The molecule has 1 N–H and O–H groups in total. The van der Waals surface area contributed by atoms with Crippen molar-refractivity contribution >= 4 is 27.6 Å². The number of benzene rings is 2. The SMILES string of the molecule is O=C1CCC(N2Cc3ccc(CS(=O)(=O)c4cccc(OC(F)(F)F)c4)cc3C2=O)C(=O)N1. The van der Waals surface area contributed by atoms with E-state index in [1.54, 1.807) is 6.07 Å². The van der Waals surface area contributed by atoms with Gasteiger partial charge in [0.1, 0.15) is 11.8 Å². The van der Waals surface area contributed by atoms with E-state index in [2.05, 4.69) is 10.1 Å². The van der Waals surface area contributed by atoms with Crippen molar-refractivity contribution < 1.29 is 40.7 Å². The molecule has 0 bridgehead atoms. The van der Waals surface area contributed by atoms with Gasteiger partial charge >= 0.3 is 6.36 Å². The van der Waals surface area contributed by atoms with Crippen molar-refractivity contribution in [3.05, 3.63) is 59.2 Å². The third kappa shape index (κ3) is 4.85. The lowest BCUT2D eigenvalue weighted by atomic mass is 10.0. The number of halogens is 3. The second-order valence-electron chi connectivity index (χ2n) is 7.67. The Kier molecular flexibility index (Phi) is 5.64. The van der Waals surface area contributed by atoms with E-state index < -0.39 is 51.5 Å². The Labute approximate surface area is 186 Å². The molecule has 2 aromatic carbocycles. The lowest BCUT2D eigenvalue weighted by Crippen LogP contribution is -2.52. The minimum absolute atomic E-state index is 0.108. The molecule has 1 saturated heterocycles. The summed E-state index contributed by atoms with van der Waals surface area (Å²) in [6, 6.07) is 7.75. The number of nitrogens with zero attached hydrogens (tertiary/aromatic N) is 1. The van der Waals surface area contributed by atoms with Crippen LogP contribution in [0.1, 0.15) is 34.3 Å². The van der Waals surface area contributed by atoms with Crippen molar-refractivity contribution in [1.82, 2.24) is 10.2 Å². The highest BCUT2D eigenvalue weighted by Crippen LogP contribution is 2.30. The Morgan fingerprint density at radius 2 is 1.85 bits per heavy atom. The van der Waals surface area contributed by atoms with Crippen molar-refractivity contribution in [3.8, 4) is 5.75 Å². The number of alkyl halides is 3. The van der Waals surface area contributed by atoms with E-state index in [0.29, 0.717) is 5.56 Å². The summed E-state index contributed by atoms with van der Waals surface area (Å²) in [5.74, 6) is -2.64. The van der Waals surface area contributed by atoms with Gasteiger partial charge in [-0.3, -0.25) is 19.7 Å². The van der Waals surface area contributed by atoms with E-state index in [1.807, 2.05) is 0 Å². The first-order chi connectivity index (χ1) is 15.4. The Hall–Kier alpha value is -3.41. The molecule has 1 atom stereocenters. The maximum absolute atomic E-state index is 12.9. The lowest BCUT2D eigenvalue weighted by molar-refractivity contribution is -0.274. The highest BCUT2D eigenvalue weighted by molar-refractivity contribution is 7.90. The second-order valence-corrected chi connectivity index (χ2v) is 9.66. The summed E-state index contributed by atoms with van der Waals surface area (Å²) in [4.78, 5) is 37.3. The van der Waals surface area contributed by atoms with Crippen LogP contribution in [0, 0.1) is 0 Å². The van der Waals surface area contributed by atoms with Crippen LogP contribution >= 0.6 is 0 Å². The van der Waals surface area contributed by atoms with E-state index in [0.717, 1.165) is 24.3 Å². The van der Waals surface area contributed by atoms with Crippen LogP contribution in [-0.4, -0.2) is 43.4 Å². The first-order valence-electron chi connectivity index (χ1n) is 9.78. The molecule has 0 spiro atoms. The number of hydrogen-bond acceptors (Lipinski definition) is 6. The number of amides is 3. The van der Waals surface area contributed by atoms with Gasteiger partial charge in [0.05, 0.1) is 10.6 Å². The average Bonchev–Trinajstić information content (AvgIpc) is 3.03. The number of nitrogens with one attached hydrogen (secondary N) is 1. The molecule has 0 aliphatic carbocycles. The van der Waals surface area contributed by atoms with Crippen LogP contribution in [0.25, 0.3) is 0 Å². The number of carbonyl (C=O) groups is 3. The van der Waals surface area contributed by atoms with Crippen LogP contribution in [0.4, 0.5) is 13.2 Å². The van der Waals surface area contributed by atoms with Crippen LogP contribution in [0.5, 0.6) is 5.75 Å². The van der Waals surface area contributed by atoms with Gasteiger partial charge < -0.3 is 9.64 Å². The van der Waals surface area contributed by atoms with Gasteiger partial charge in [-0.05, 0) is 41.8 Å². The topological polar surface area (TPSA) is 110 Å². The fraction of sp³-hybridized carbons (Fsp3) is 0.286. The maximum atomic E-state index is 12.9. The molecule has 0 radical (unpaired) electrons. The summed E-state index contributed by atoms with van der Waals surface area (Å²) < 4.78 is 66.6. The fourth-order valence-corrected chi connectivity index (χ4v) is 5.23. The second kappa shape index (κ2) is 8.18. The molecule has 2 aromatic rings. The number of piperidine rings is 1. The predicted molar refractivity (Wildman–Crippen MR) is 107 cm³/mol. The van der Waals surface area contributed by atoms with E-state index in [9.17, 15) is 36.0 Å². The summed E-state index contributed by atoms with van der Waals surface area (Å²) in [5.41, 5.74) is 1.10. The molecular weight excluding hydrogens is 465 g/mol. The smallest absolute Gasteiger partial charge is 0.406 e. The van der Waals surface area contributed by atoms with Gasteiger partial charge in [-0.15, -0.1) is 13.2 Å². The summed E-state index contributed by atoms with van der Waals surface area (Å²) in [6.45, 7) is 0.143. The quantitative estimate of drug-likeness (QED) is 0.655. The summed E-state index contributed by atoms with van der Waals surface area (Å²) >= 11 is 0. The van der Waals surface area contributed by atoms with Crippen LogP contribution < -0.4 is 10.1 Å². The van der Waals surface area contributed by atoms with Gasteiger partial charge in [0.15, 0.2) is 9.84 Å². The standard InChI is InChI=1S/C21H17F3N2O6S/c22-21(23,24)32-14-2-1-3-15(9-14)33(30,31)11-12-4-5-13-10-26(20(29)16(13)8-12)17-6-7-18(27)25-19(17)28/h1-5,8-9,17H,6-7,10-11H2,(H,25,27,28). The van der Waals surface area contributed by atoms with E-state index in [4.69, 9.17) is 0 Å². The largest absolute Gasteiger partial charge is 0.573 e. The first-order valence-corrected chi connectivity index (χ1v) is 11.4. The van der Waals surface area contributed by atoms with Gasteiger partial charge in [0.2, 0.25) is 11.8 Å². The van der Waals surface area contributed by atoms with E-state index in [1.165, 1.54) is 17.0 Å². The molecule has 33 heavy (non-hydrogen) atoms. The van der Waals surface area contributed by atoms with Gasteiger partial charge in [-0.25, -0.2) is 8.42 Å². The number of sulfone groups is 1. The van der Waals surface area contributed by atoms with Crippen LogP contribution in [0.3, 0.4) is 0 Å². The number of carbonyl (C=O) groups excluding carboxylic acids is 3. The molecule has 8 nitrogen and oxygen atoms in total. The van der Waals surface area contributed by atoms with Crippen molar-refractivity contribution in [2.75, 3.05) is 0 Å². The average molecular weight is 482 g/mol. The minimum atomic E-state index is -4.96. The molecule has 174 valence electrons. The first kappa shape index (κ1) is 22.8. The summed E-state index contributed by atoms with van der Waals surface area (Å²) in [7, 11) is -4.05. The lowest BCUT2D eigenvalue weighted by Gasteiger charge is -2.29. The molecule has 2 heterocycles. The number of fused-ring (bicyclic) bond motifs is 1. The Bertz CT molecular complexity index is 1260. The molecule has 2 aliphatic rings. The highest BCUT2D eigenvalue weighted by Gasteiger charge is 2.39. The van der Waals surface area contributed by atoms with Crippen LogP contribution in [-0.2, 0) is 31.7 Å². The predicted octanol–water partition coefficient (Wildman–Crippen LogP) is 2.32. The molecule has 4 rings (SSSR count). The third-order valence-electron chi connectivity index (χ3n) is 5.35. The fourth-order valence-electron chi connectivity index (χ4n) is 3.86. The molecule has 1 unspecified atom stereocenters. The summed E-state index contributed by atoms with van der Waals surface area (Å²) in [6.07, 6.45) is -4.66. The minimum Gasteiger partial charge on any atom is -0.406 e. The number of ether oxygens (including phenoxy) is 1. The van der Waals surface area contributed by atoms with Crippen LogP contribution in [0.2, 0.25) is 0 Å². The molecule has 3 amide bonds. The Balaban J connectivity index is 1.54. The van der Waals surface area contributed by atoms with Gasteiger partial charge in [0.25, 0.3) is 5.91 Å². The molecule has 0 saturated carbocycles. The molecule has 1 fully saturated rings. The normalized spacial score (nSPS) is 18.8. The number of imide groups is 1. The van der Waals surface area contributed by atoms with Crippen molar-refractivity contribution in [2.24, 2.45) is 0 Å². The van der Waals surface area contributed by atoms with Crippen LogP contribution in [0.15, 0.2) is 47.4 Å². The molecule has 12 heteroatoms. The zero-order valence-corrected chi connectivity index (χ0v) is 17.7.